The Morgan fingerprint density at radius 1 is 1.44 bits per heavy atom. The number of benzene rings is 1. The largest absolute Gasteiger partial charge is 0.493 e. The van der Waals surface area contributed by atoms with Crippen LogP contribution in [-0.4, -0.2) is 19.9 Å². The fraction of sp³-hybridized carbons (Fsp3) is 0.455. The number of rotatable bonds is 2. The molecule has 0 amide bonds. The summed E-state index contributed by atoms with van der Waals surface area (Å²) in [6.45, 7) is 0.0647. The van der Waals surface area contributed by atoms with Crippen LogP contribution >= 0.6 is 0 Å². The molecule has 1 atom stereocenters. The third kappa shape index (κ3) is 2.08. The molecular formula is C11H11F3O2. The highest BCUT2D eigenvalue weighted by Gasteiger charge is 2.37. The number of fused-ring (bicyclic) bond motifs is 1. The van der Waals surface area contributed by atoms with Crippen molar-refractivity contribution in [1.82, 2.24) is 0 Å². The zero-order chi connectivity index (χ0) is 11.8. The Morgan fingerprint density at radius 2 is 2.19 bits per heavy atom. The summed E-state index contributed by atoms with van der Waals surface area (Å²) in [5.41, 5.74) is 0.580. The van der Waals surface area contributed by atoms with Crippen LogP contribution in [0.1, 0.15) is 17.9 Å². The molecule has 1 aromatic rings. The van der Waals surface area contributed by atoms with Crippen molar-refractivity contribution in [3.05, 3.63) is 23.8 Å². The van der Waals surface area contributed by atoms with Gasteiger partial charge >= 0.3 is 6.18 Å². The van der Waals surface area contributed by atoms with Crippen LogP contribution in [0.25, 0.3) is 0 Å². The van der Waals surface area contributed by atoms with Crippen molar-refractivity contribution in [1.29, 1.82) is 0 Å². The quantitative estimate of drug-likeness (QED) is 0.779. The molecule has 0 saturated heterocycles. The monoisotopic (exact) mass is 232 g/mol. The van der Waals surface area contributed by atoms with E-state index in [-0.39, 0.29) is 6.61 Å². The zero-order valence-corrected chi connectivity index (χ0v) is 8.67. The van der Waals surface area contributed by atoms with E-state index < -0.39 is 18.5 Å². The molecule has 1 aromatic carbocycles. The molecule has 0 N–H and O–H groups in total. The predicted octanol–water partition coefficient (Wildman–Crippen LogP) is 3.12. The second-order valence-corrected chi connectivity index (χ2v) is 3.71. The van der Waals surface area contributed by atoms with Gasteiger partial charge in [-0.25, -0.2) is 0 Å². The number of para-hydroxylation sites is 1. The first kappa shape index (κ1) is 11.1. The molecule has 88 valence electrons. The summed E-state index contributed by atoms with van der Waals surface area (Å²) in [6, 6.07) is 5.01. The highest BCUT2D eigenvalue weighted by atomic mass is 19.4. The summed E-state index contributed by atoms with van der Waals surface area (Å²) >= 11 is 0. The van der Waals surface area contributed by atoms with Gasteiger partial charge in [0, 0.05) is 11.5 Å². The van der Waals surface area contributed by atoms with Crippen molar-refractivity contribution in [3.63, 3.8) is 0 Å². The van der Waals surface area contributed by atoms with Crippen LogP contribution in [0.15, 0.2) is 18.2 Å². The number of ether oxygens (including phenoxy) is 2. The second kappa shape index (κ2) is 3.88. The van der Waals surface area contributed by atoms with E-state index in [2.05, 4.69) is 0 Å². The molecule has 1 aliphatic rings. The third-order valence-corrected chi connectivity index (χ3v) is 2.58. The Kier molecular flexibility index (Phi) is 2.69. The van der Waals surface area contributed by atoms with E-state index in [4.69, 9.17) is 9.47 Å². The molecule has 2 rings (SSSR count). The van der Waals surface area contributed by atoms with Crippen molar-refractivity contribution in [3.8, 4) is 11.5 Å². The normalized spacial score (nSPS) is 19.1. The standard InChI is InChI=1S/C11H11F3O2/c1-15-9-4-2-3-8-7(5-11(12,13)14)6-16-10(8)9/h2-4,7H,5-6H2,1H3. The van der Waals surface area contributed by atoms with Crippen molar-refractivity contribution in [2.24, 2.45) is 0 Å². The molecule has 0 aliphatic carbocycles. The van der Waals surface area contributed by atoms with Crippen LogP contribution in [0, 0.1) is 0 Å². The number of alkyl halides is 3. The van der Waals surface area contributed by atoms with Crippen molar-refractivity contribution >= 4 is 0 Å². The minimum absolute atomic E-state index is 0.0647. The van der Waals surface area contributed by atoms with Crippen LogP contribution in [-0.2, 0) is 0 Å². The molecule has 0 bridgehead atoms. The van der Waals surface area contributed by atoms with Gasteiger partial charge in [0.15, 0.2) is 11.5 Å². The maximum Gasteiger partial charge on any atom is 0.389 e. The summed E-state index contributed by atoms with van der Waals surface area (Å²) in [7, 11) is 1.47. The molecule has 0 saturated carbocycles. The molecule has 2 nitrogen and oxygen atoms in total. The van der Waals surface area contributed by atoms with E-state index in [1.807, 2.05) is 0 Å². The summed E-state index contributed by atoms with van der Waals surface area (Å²) in [5, 5.41) is 0. The first-order valence-electron chi connectivity index (χ1n) is 4.87. The van der Waals surface area contributed by atoms with Gasteiger partial charge in [-0.1, -0.05) is 12.1 Å². The Balaban J connectivity index is 2.27. The minimum atomic E-state index is -4.17. The number of halogens is 3. The van der Waals surface area contributed by atoms with E-state index in [1.165, 1.54) is 7.11 Å². The fourth-order valence-electron chi connectivity index (χ4n) is 1.89. The van der Waals surface area contributed by atoms with Crippen LogP contribution in [0.2, 0.25) is 0 Å². The Bertz CT molecular complexity index is 387. The van der Waals surface area contributed by atoms with Crippen LogP contribution in [0.5, 0.6) is 11.5 Å². The van der Waals surface area contributed by atoms with Crippen LogP contribution < -0.4 is 9.47 Å². The van der Waals surface area contributed by atoms with Gasteiger partial charge in [-0.2, -0.15) is 13.2 Å². The van der Waals surface area contributed by atoms with Crippen LogP contribution in [0.4, 0.5) is 13.2 Å². The smallest absolute Gasteiger partial charge is 0.389 e. The van der Waals surface area contributed by atoms with Gasteiger partial charge in [-0.05, 0) is 6.07 Å². The molecule has 0 radical (unpaired) electrons. The molecule has 0 aromatic heterocycles. The number of hydrogen-bond donors (Lipinski definition) is 0. The lowest BCUT2D eigenvalue weighted by molar-refractivity contribution is -0.139. The summed E-state index contributed by atoms with van der Waals surface area (Å²) < 4.78 is 47.2. The maximum absolute atomic E-state index is 12.3. The fourth-order valence-corrected chi connectivity index (χ4v) is 1.89. The van der Waals surface area contributed by atoms with Crippen molar-refractivity contribution in [2.45, 2.75) is 18.5 Å². The second-order valence-electron chi connectivity index (χ2n) is 3.71. The van der Waals surface area contributed by atoms with E-state index in [1.54, 1.807) is 18.2 Å². The first-order chi connectivity index (χ1) is 7.51. The average Bonchev–Trinajstić information content (AvgIpc) is 2.59. The third-order valence-electron chi connectivity index (χ3n) is 2.58. The topological polar surface area (TPSA) is 18.5 Å². The number of methoxy groups -OCH3 is 1. The maximum atomic E-state index is 12.3. The van der Waals surface area contributed by atoms with Gasteiger partial charge in [0.05, 0.1) is 20.1 Å². The summed E-state index contributed by atoms with van der Waals surface area (Å²) in [4.78, 5) is 0. The van der Waals surface area contributed by atoms with Gasteiger partial charge in [0.2, 0.25) is 0 Å². The average molecular weight is 232 g/mol. The molecule has 1 heterocycles. The molecule has 5 heteroatoms. The van der Waals surface area contributed by atoms with Crippen LogP contribution in [0.3, 0.4) is 0 Å². The van der Waals surface area contributed by atoms with Gasteiger partial charge in [0.25, 0.3) is 0 Å². The Labute approximate surface area is 91.0 Å². The zero-order valence-electron chi connectivity index (χ0n) is 8.67. The van der Waals surface area contributed by atoms with E-state index in [0.29, 0.717) is 17.1 Å². The molecular weight excluding hydrogens is 221 g/mol. The minimum Gasteiger partial charge on any atom is -0.493 e. The van der Waals surface area contributed by atoms with E-state index in [9.17, 15) is 13.2 Å². The molecule has 0 fully saturated rings. The van der Waals surface area contributed by atoms with E-state index in [0.717, 1.165) is 0 Å². The molecule has 16 heavy (non-hydrogen) atoms. The highest BCUT2D eigenvalue weighted by Crippen LogP contribution is 2.44. The van der Waals surface area contributed by atoms with E-state index >= 15 is 0 Å². The first-order valence-corrected chi connectivity index (χ1v) is 4.87. The highest BCUT2D eigenvalue weighted by molar-refractivity contribution is 5.50. The predicted molar refractivity (Wildman–Crippen MR) is 51.9 cm³/mol. The van der Waals surface area contributed by atoms with Gasteiger partial charge in [-0.3, -0.25) is 0 Å². The lowest BCUT2D eigenvalue weighted by atomic mass is 9.97. The molecule has 0 spiro atoms. The lowest BCUT2D eigenvalue weighted by Crippen LogP contribution is -2.14. The summed E-state index contributed by atoms with van der Waals surface area (Å²) in [5.74, 6) is 0.312. The lowest BCUT2D eigenvalue weighted by Gasteiger charge is -2.11. The van der Waals surface area contributed by atoms with Gasteiger partial charge < -0.3 is 9.47 Å². The SMILES string of the molecule is COc1cccc2c1OCC2CC(F)(F)F. The van der Waals surface area contributed by atoms with Gasteiger partial charge in [0.1, 0.15) is 0 Å². The summed E-state index contributed by atoms with van der Waals surface area (Å²) in [6.07, 6.45) is -5.02. The van der Waals surface area contributed by atoms with Crippen molar-refractivity contribution in [2.75, 3.05) is 13.7 Å². The molecule has 1 unspecified atom stereocenters. The van der Waals surface area contributed by atoms with Crippen molar-refractivity contribution < 1.29 is 22.6 Å². The van der Waals surface area contributed by atoms with Gasteiger partial charge in [-0.15, -0.1) is 0 Å². The molecule has 1 aliphatic heterocycles. The Hall–Kier alpha value is -1.39. The number of hydrogen-bond acceptors (Lipinski definition) is 2. The Morgan fingerprint density at radius 3 is 2.81 bits per heavy atom.